The van der Waals surface area contributed by atoms with E-state index in [4.69, 9.17) is 4.74 Å². The fourth-order valence-electron chi connectivity index (χ4n) is 3.89. The Bertz CT molecular complexity index is 1340. The first-order valence-electron chi connectivity index (χ1n) is 10.0. The van der Waals surface area contributed by atoms with Gasteiger partial charge in [0.1, 0.15) is 10.6 Å². The molecule has 0 saturated heterocycles. The van der Waals surface area contributed by atoms with Crippen LogP contribution in [-0.4, -0.2) is 33.5 Å². The fraction of sp³-hybridized carbons (Fsp3) is 0.304. The number of aromatic nitrogens is 1. The molecule has 32 heavy (non-hydrogen) atoms. The van der Waals surface area contributed by atoms with Gasteiger partial charge in [0.15, 0.2) is 5.13 Å². The molecule has 0 bridgehead atoms. The van der Waals surface area contributed by atoms with Gasteiger partial charge >= 0.3 is 0 Å². The molecular formula is C23H25N3O4S2. The Hall–Kier alpha value is -2.91. The highest BCUT2D eigenvalue weighted by Crippen LogP contribution is 2.43. The minimum absolute atomic E-state index is 0.0405. The number of amides is 1. The van der Waals surface area contributed by atoms with Gasteiger partial charge in [-0.3, -0.25) is 9.52 Å². The van der Waals surface area contributed by atoms with Crippen LogP contribution in [0, 0.1) is 13.8 Å². The summed E-state index contributed by atoms with van der Waals surface area (Å²) in [6.07, 6.45) is 0. The third-order valence-corrected chi connectivity index (χ3v) is 8.21. The lowest BCUT2D eigenvalue weighted by Gasteiger charge is -2.16. The van der Waals surface area contributed by atoms with E-state index in [-0.39, 0.29) is 21.7 Å². The smallest absolute Gasteiger partial charge is 0.267 e. The van der Waals surface area contributed by atoms with E-state index in [1.807, 2.05) is 45.9 Å². The number of anilines is 2. The molecule has 0 aliphatic carbocycles. The van der Waals surface area contributed by atoms with Crippen molar-refractivity contribution in [2.75, 3.05) is 23.8 Å². The number of hydrogen-bond donors (Lipinski definition) is 1. The Morgan fingerprint density at radius 1 is 1.12 bits per heavy atom. The van der Waals surface area contributed by atoms with E-state index in [1.54, 1.807) is 29.5 Å². The zero-order chi connectivity index (χ0) is 23.4. The number of nitrogens with zero attached hydrogens (tertiary/aromatic N) is 2. The second kappa shape index (κ2) is 7.60. The second-order valence-corrected chi connectivity index (χ2v) is 11.0. The van der Waals surface area contributed by atoms with E-state index in [0.29, 0.717) is 5.69 Å². The first-order valence-corrected chi connectivity index (χ1v) is 12.4. The Morgan fingerprint density at radius 2 is 1.81 bits per heavy atom. The normalized spacial score (nSPS) is 15.1. The van der Waals surface area contributed by atoms with Crippen LogP contribution in [0.4, 0.5) is 10.8 Å². The van der Waals surface area contributed by atoms with Crippen LogP contribution in [0.1, 0.15) is 30.5 Å². The molecule has 2 heterocycles. The van der Waals surface area contributed by atoms with E-state index < -0.39 is 15.4 Å². The number of ether oxygens (including phenoxy) is 1. The maximum Gasteiger partial charge on any atom is 0.267 e. The van der Waals surface area contributed by atoms with Crippen molar-refractivity contribution in [3.8, 4) is 17.0 Å². The molecule has 0 atom stereocenters. The Balaban J connectivity index is 1.66. The predicted molar refractivity (Wildman–Crippen MR) is 127 cm³/mol. The Morgan fingerprint density at radius 3 is 2.50 bits per heavy atom. The quantitative estimate of drug-likeness (QED) is 0.592. The first-order chi connectivity index (χ1) is 15.0. The van der Waals surface area contributed by atoms with Crippen LogP contribution in [0.25, 0.3) is 11.3 Å². The van der Waals surface area contributed by atoms with E-state index in [1.165, 1.54) is 18.4 Å². The predicted octanol–water partition coefficient (Wildman–Crippen LogP) is 4.49. The molecule has 0 saturated carbocycles. The van der Waals surface area contributed by atoms with Crippen LogP contribution >= 0.6 is 11.3 Å². The SMILES string of the molecule is COc1cc(C)c(C)cc1S(=O)(=O)Nc1nc(-c2ccc3c(c2)C(C)(C)C(=O)N3C)cs1. The number of rotatable bonds is 5. The van der Waals surface area contributed by atoms with Crippen molar-refractivity contribution in [1.82, 2.24) is 4.98 Å². The van der Waals surface area contributed by atoms with Crippen molar-refractivity contribution < 1.29 is 17.9 Å². The maximum absolute atomic E-state index is 13.0. The number of likely N-dealkylation sites (N-methyl/N-ethyl adjacent to an activating group) is 1. The molecule has 4 rings (SSSR count). The van der Waals surface area contributed by atoms with Gasteiger partial charge in [-0.25, -0.2) is 13.4 Å². The highest BCUT2D eigenvalue weighted by Gasteiger charge is 2.42. The van der Waals surface area contributed by atoms with Gasteiger partial charge in [-0.15, -0.1) is 11.3 Å². The summed E-state index contributed by atoms with van der Waals surface area (Å²) in [5.41, 5.74) is 4.44. The minimum Gasteiger partial charge on any atom is -0.495 e. The van der Waals surface area contributed by atoms with Crippen LogP contribution in [0.15, 0.2) is 40.6 Å². The van der Waals surface area contributed by atoms with Gasteiger partial charge in [-0.1, -0.05) is 6.07 Å². The third-order valence-electron chi connectivity index (χ3n) is 5.96. The van der Waals surface area contributed by atoms with Gasteiger partial charge in [-0.05, 0) is 68.7 Å². The summed E-state index contributed by atoms with van der Waals surface area (Å²) in [4.78, 5) is 18.8. The minimum atomic E-state index is -3.89. The molecule has 3 aromatic rings. The summed E-state index contributed by atoms with van der Waals surface area (Å²) in [6.45, 7) is 7.56. The van der Waals surface area contributed by atoms with E-state index in [2.05, 4.69) is 9.71 Å². The zero-order valence-electron chi connectivity index (χ0n) is 18.8. The molecule has 0 fully saturated rings. The lowest BCUT2D eigenvalue weighted by Crippen LogP contribution is -2.33. The number of carbonyl (C=O) groups excluding carboxylic acids is 1. The van der Waals surface area contributed by atoms with Crippen molar-refractivity contribution in [3.63, 3.8) is 0 Å². The molecule has 1 aliphatic rings. The summed E-state index contributed by atoms with van der Waals surface area (Å²) in [5, 5.41) is 2.05. The standard InChI is InChI=1S/C23H25N3O4S2/c1-13-9-19(30-6)20(10-14(13)2)32(28,29)25-22-24-17(12-31-22)15-7-8-18-16(11-15)23(3,4)21(27)26(18)5/h7-12H,1-6H3,(H,24,25). The topological polar surface area (TPSA) is 88.6 Å². The number of sulfonamides is 1. The molecule has 1 amide bonds. The van der Waals surface area contributed by atoms with E-state index in [9.17, 15) is 13.2 Å². The summed E-state index contributed by atoms with van der Waals surface area (Å²) in [6, 6.07) is 9.06. The van der Waals surface area contributed by atoms with Crippen LogP contribution in [0.5, 0.6) is 5.75 Å². The number of fused-ring (bicyclic) bond motifs is 1. The monoisotopic (exact) mass is 471 g/mol. The van der Waals surface area contributed by atoms with Crippen LogP contribution in [0.3, 0.4) is 0 Å². The lowest BCUT2D eigenvalue weighted by atomic mass is 9.85. The van der Waals surface area contributed by atoms with Gasteiger partial charge in [0, 0.05) is 23.7 Å². The number of aryl methyl sites for hydroxylation is 2. The van der Waals surface area contributed by atoms with E-state index in [0.717, 1.165) is 27.9 Å². The third kappa shape index (κ3) is 3.55. The van der Waals surface area contributed by atoms with Crippen LogP contribution in [0.2, 0.25) is 0 Å². The number of benzene rings is 2. The van der Waals surface area contributed by atoms with Crippen molar-refractivity contribution >= 4 is 38.1 Å². The highest BCUT2D eigenvalue weighted by molar-refractivity contribution is 7.93. The number of hydrogen-bond acceptors (Lipinski definition) is 6. The first kappa shape index (κ1) is 22.3. The molecule has 0 unspecified atom stereocenters. The number of nitrogens with one attached hydrogen (secondary N) is 1. The fourth-order valence-corrected chi connectivity index (χ4v) is 6.10. The van der Waals surface area contributed by atoms with Gasteiger partial charge in [0.2, 0.25) is 5.91 Å². The summed E-state index contributed by atoms with van der Waals surface area (Å²) < 4.78 is 33.9. The molecule has 1 aromatic heterocycles. The molecular weight excluding hydrogens is 446 g/mol. The average Bonchev–Trinajstić information content (AvgIpc) is 3.26. The number of carbonyl (C=O) groups is 1. The molecule has 1 N–H and O–H groups in total. The average molecular weight is 472 g/mol. The largest absolute Gasteiger partial charge is 0.495 e. The second-order valence-electron chi connectivity index (χ2n) is 8.45. The molecule has 1 aliphatic heterocycles. The number of methoxy groups -OCH3 is 1. The van der Waals surface area contributed by atoms with Crippen LogP contribution < -0.4 is 14.4 Å². The summed E-state index contributed by atoms with van der Waals surface area (Å²) in [5.74, 6) is 0.325. The Labute approximate surface area is 192 Å². The maximum atomic E-state index is 13.0. The van der Waals surface area contributed by atoms with Gasteiger partial charge in [0.05, 0.1) is 18.2 Å². The van der Waals surface area contributed by atoms with Gasteiger partial charge in [-0.2, -0.15) is 0 Å². The molecule has 9 heteroatoms. The molecule has 0 spiro atoms. The summed E-state index contributed by atoms with van der Waals surface area (Å²) in [7, 11) is -0.669. The number of thiazole rings is 1. The lowest BCUT2D eigenvalue weighted by molar-refractivity contribution is -0.121. The van der Waals surface area contributed by atoms with Crippen molar-refractivity contribution in [2.24, 2.45) is 0 Å². The molecule has 2 aromatic carbocycles. The van der Waals surface area contributed by atoms with E-state index >= 15 is 0 Å². The highest BCUT2D eigenvalue weighted by atomic mass is 32.2. The molecule has 0 radical (unpaired) electrons. The van der Waals surface area contributed by atoms with Crippen molar-refractivity contribution in [2.45, 2.75) is 38.0 Å². The van der Waals surface area contributed by atoms with Crippen LogP contribution in [-0.2, 0) is 20.2 Å². The molecule has 7 nitrogen and oxygen atoms in total. The van der Waals surface area contributed by atoms with Crippen molar-refractivity contribution in [1.29, 1.82) is 0 Å². The summed E-state index contributed by atoms with van der Waals surface area (Å²) >= 11 is 1.20. The molecule has 168 valence electrons. The Kier molecular flexibility index (Phi) is 5.29. The van der Waals surface area contributed by atoms with Gasteiger partial charge < -0.3 is 9.64 Å². The zero-order valence-corrected chi connectivity index (χ0v) is 20.4. The van der Waals surface area contributed by atoms with Gasteiger partial charge in [0.25, 0.3) is 10.0 Å². The van der Waals surface area contributed by atoms with Crippen molar-refractivity contribution in [3.05, 3.63) is 52.4 Å².